The first-order valence-corrected chi connectivity index (χ1v) is 10.8. The zero-order chi connectivity index (χ0) is 22.6. The Morgan fingerprint density at radius 3 is 2.48 bits per heavy atom. The fourth-order valence-electron chi connectivity index (χ4n) is 3.86. The van der Waals surface area contributed by atoms with E-state index >= 15 is 0 Å². The highest BCUT2D eigenvalue weighted by Crippen LogP contribution is 2.22. The quantitative estimate of drug-likeness (QED) is 0.405. The molecule has 5 rings (SSSR count). The second kappa shape index (κ2) is 9.04. The minimum absolute atomic E-state index is 0.133. The Labute approximate surface area is 189 Å². The van der Waals surface area contributed by atoms with Crippen molar-refractivity contribution in [2.24, 2.45) is 0 Å². The number of benzene rings is 3. The van der Waals surface area contributed by atoms with Crippen molar-refractivity contribution in [3.63, 3.8) is 0 Å². The molecule has 0 bridgehead atoms. The average Bonchev–Trinajstić information content (AvgIpc) is 3.29. The Balaban J connectivity index is 1.30. The number of rotatable bonds is 7. The third-order valence-electron chi connectivity index (χ3n) is 5.52. The summed E-state index contributed by atoms with van der Waals surface area (Å²) in [6.07, 6.45) is 0.699. The molecule has 33 heavy (non-hydrogen) atoms. The molecule has 3 aromatic carbocycles. The van der Waals surface area contributed by atoms with Gasteiger partial charge in [-0.25, -0.2) is 9.67 Å². The van der Waals surface area contributed by atoms with Crippen molar-refractivity contribution in [2.45, 2.75) is 25.4 Å². The number of nitrogens with zero attached hydrogens (tertiary/aromatic N) is 4. The highest BCUT2D eigenvalue weighted by atomic mass is 16.1. The van der Waals surface area contributed by atoms with Gasteiger partial charge >= 0.3 is 0 Å². The largest absolute Gasteiger partial charge is 0.342 e. The van der Waals surface area contributed by atoms with E-state index in [9.17, 15) is 9.59 Å². The van der Waals surface area contributed by atoms with Gasteiger partial charge in [-0.3, -0.25) is 9.59 Å². The van der Waals surface area contributed by atoms with Crippen LogP contribution < -0.4 is 10.9 Å². The number of H-pyrrole nitrogens is 1. The number of amides is 1. The molecule has 2 heterocycles. The van der Waals surface area contributed by atoms with Gasteiger partial charge in [0.05, 0.1) is 16.4 Å². The van der Waals surface area contributed by atoms with Crippen LogP contribution in [0.4, 0.5) is 0 Å². The number of nitrogens with one attached hydrogen (secondary N) is 2. The first-order chi connectivity index (χ1) is 16.2. The van der Waals surface area contributed by atoms with Crippen LogP contribution in [-0.4, -0.2) is 30.9 Å². The lowest BCUT2D eigenvalue weighted by atomic mass is 10.1. The number of fused-ring (bicyclic) bond motifs is 2. The zero-order valence-corrected chi connectivity index (χ0v) is 17.8. The van der Waals surface area contributed by atoms with E-state index in [4.69, 9.17) is 0 Å². The van der Waals surface area contributed by atoms with E-state index in [1.54, 1.807) is 18.2 Å². The molecule has 1 amide bonds. The fourth-order valence-corrected chi connectivity index (χ4v) is 3.86. The van der Waals surface area contributed by atoms with E-state index in [1.165, 1.54) is 4.68 Å². The van der Waals surface area contributed by atoms with Gasteiger partial charge in [-0.2, -0.15) is 0 Å². The summed E-state index contributed by atoms with van der Waals surface area (Å²) < 4.78 is 1.31. The van der Waals surface area contributed by atoms with Crippen LogP contribution in [0.2, 0.25) is 0 Å². The smallest absolute Gasteiger partial charge is 0.277 e. The van der Waals surface area contributed by atoms with Gasteiger partial charge < -0.3 is 10.3 Å². The first-order valence-electron chi connectivity index (χ1n) is 10.8. The van der Waals surface area contributed by atoms with Gasteiger partial charge in [0.25, 0.3) is 5.56 Å². The fraction of sp³-hybridized carbons (Fsp3) is 0.160. The minimum Gasteiger partial charge on any atom is -0.342 e. The molecule has 0 saturated heterocycles. The summed E-state index contributed by atoms with van der Waals surface area (Å²) in [5.74, 6) is 0.540. The van der Waals surface area contributed by atoms with E-state index in [1.807, 2.05) is 60.7 Å². The van der Waals surface area contributed by atoms with Crippen molar-refractivity contribution >= 4 is 27.8 Å². The molecule has 0 spiro atoms. The molecule has 2 N–H and O–H groups in total. The standard InChI is InChI=1S/C25H22N6O2/c32-22(15-8-16-31-25(33)18-11-4-5-12-19(18)29-30-31)28-23(17-9-2-1-3-10-17)24-26-20-13-6-7-14-21(20)27-24/h1-7,9-14,23H,8,15-16H2,(H,26,27)(H,28,32). The number of para-hydroxylation sites is 2. The Hall–Kier alpha value is -4.33. The third kappa shape index (κ3) is 4.36. The van der Waals surface area contributed by atoms with Crippen LogP contribution in [0, 0.1) is 0 Å². The number of imidazole rings is 1. The highest BCUT2D eigenvalue weighted by Gasteiger charge is 2.20. The molecular weight excluding hydrogens is 416 g/mol. The van der Waals surface area contributed by atoms with Gasteiger partial charge in [-0.1, -0.05) is 59.8 Å². The van der Waals surface area contributed by atoms with Gasteiger partial charge in [0.2, 0.25) is 5.91 Å². The first kappa shape index (κ1) is 20.6. The maximum absolute atomic E-state index is 12.8. The van der Waals surface area contributed by atoms with Crippen molar-refractivity contribution in [3.05, 3.63) is 101 Å². The van der Waals surface area contributed by atoms with Crippen LogP contribution in [0.1, 0.15) is 30.3 Å². The van der Waals surface area contributed by atoms with Crippen molar-refractivity contribution in [1.82, 2.24) is 30.3 Å². The monoisotopic (exact) mass is 438 g/mol. The van der Waals surface area contributed by atoms with Crippen molar-refractivity contribution in [2.75, 3.05) is 0 Å². The Bertz CT molecular complexity index is 1440. The molecule has 8 heteroatoms. The number of carbonyl (C=O) groups excluding carboxylic acids is 1. The predicted molar refractivity (Wildman–Crippen MR) is 126 cm³/mol. The average molecular weight is 438 g/mol. The van der Waals surface area contributed by atoms with Crippen LogP contribution in [0.25, 0.3) is 21.9 Å². The van der Waals surface area contributed by atoms with Crippen molar-refractivity contribution < 1.29 is 4.79 Å². The second-order valence-electron chi connectivity index (χ2n) is 7.79. The predicted octanol–water partition coefficient (Wildman–Crippen LogP) is 3.35. The van der Waals surface area contributed by atoms with E-state index in [-0.39, 0.29) is 17.9 Å². The number of carbonyl (C=O) groups is 1. The molecule has 0 fully saturated rings. The Morgan fingerprint density at radius 2 is 1.67 bits per heavy atom. The summed E-state index contributed by atoms with van der Waals surface area (Å²) in [6, 6.07) is 24.2. The van der Waals surface area contributed by atoms with Crippen LogP contribution in [0.5, 0.6) is 0 Å². The van der Waals surface area contributed by atoms with E-state index < -0.39 is 6.04 Å². The van der Waals surface area contributed by atoms with Crippen LogP contribution in [0.3, 0.4) is 0 Å². The molecule has 2 aromatic heterocycles. The van der Waals surface area contributed by atoms with Crippen molar-refractivity contribution in [3.8, 4) is 0 Å². The second-order valence-corrected chi connectivity index (χ2v) is 7.79. The lowest BCUT2D eigenvalue weighted by Crippen LogP contribution is -2.30. The molecular formula is C25H22N6O2. The molecule has 0 radical (unpaired) electrons. The van der Waals surface area contributed by atoms with Crippen LogP contribution in [-0.2, 0) is 11.3 Å². The maximum atomic E-state index is 12.8. The topological polar surface area (TPSA) is 106 Å². The lowest BCUT2D eigenvalue weighted by Gasteiger charge is -2.17. The zero-order valence-electron chi connectivity index (χ0n) is 17.8. The van der Waals surface area contributed by atoms with Crippen LogP contribution in [0.15, 0.2) is 83.7 Å². The summed E-state index contributed by atoms with van der Waals surface area (Å²) in [5.41, 5.74) is 3.05. The van der Waals surface area contributed by atoms with Gasteiger partial charge in [0.15, 0.2) is 0 Å². The summed E-state index contributed by atoms with van der Waals surface area (Å²) in [6.45, 7) is 0.310. The van der Waals surface area contributed by atoms with E-state index in [2.05, 4.69) is 25.6 Å². The highest BCUT2D eigenvalue weighted by molar-refractivity contribution is 5.78. The normalized spacial score (nSPS) is 12.1. The molecule has 0 saturated carbocycles. The van der Waals surface area contributed by atoms with Gasteiger partial charge in [0.1, 0.15) is 17.4 Å². The molecule has 0 aliphatic heterocycles. The van der Waals surface area contributed by atoms with E-state index in [0.717, 1.165) is 16.6 Å². The Morgan fingerprint density at radius 1 is 0.939 bits per heavy atom. The lowest BCUT2D eigenvalue weighted by molar-refractivity contribution is -0.121. The SMILES string of the molecule is O=C(CCCn1nnc2ccccc2c1=O)NC(c1ccccc1)c1nc2ccccc2[nH]1. The van der Waals surface area contributed by atoms with E-state index in [0.29, 0.717) is 29.7 Å². The summed E-state index contributed by atoms with van der Waals surface area (Å²) >= 11 is 0. The van der Waals surface area contributed by atoms with Crippen molar-refractivity contribution in [1.29, 1.82) is 0 Å². The summed E-state index contributed by atoms with van der Waals surface area (Å²) in [7, 11) is 0. The number of aryl methyl sites for hydroxylation is 1. The third-order valence-corrected chi connectivity index (χ3v) is 5.52. The van der Waals surface area contributed by atoms with Gasteiger partial charge in [0, 0.05) is 13.0 Å². The number of aromatic amines is 1. The molecule has 8 nitrogen and oxygen atoms in total. The summed E-state index contributed by atoms with van der Waals surface area (Å²) in [4.78, 5) is 33.4. The molecule has 5 aromatic rings. The van der Waals surface area contributed by atoms with Gasteiger partial charge in [-0.15, -0.1) is 5.10 Å². The number of hydrogen-bond donors (Lipinski definition) is 2. The number of hydrogen-bond acceptors (Lipinski definition) is 5. The number of aromatic nitrogens is 5. The Kier molecular flexibility index (Phi) is 5.63. The summed E-state index contributed by atoms with van der Waals surface area (Å²) in [5, 5.41) is 11.7. The minimum atomic E-state index is -0.408. The maximum Gasteiger partial charge on any atom is 0.277 e. The molecule has 1 atom stereocenters. The van der Waals surface area contributed by atoms with Crippen LogP contribution >= 0.6 is 0 Å². The molecule has 0 aliphatic rings. The molecule has 1 unspecified atom stereocenters. The van der Waals surface area contributed by atoms with Gasteiger partial charge in [-0.05, 0) is 36.2 Å². The molecule has 0 aliphatic carbocycles. The molecule has 164 valence electrons.